The zero-order chi connectivity index (χ0) is 14.3. The van der Waals surface area contributed by atoms with E-state index in [1.165, 1.54) is 12.1 Å². The molecule has 0 bridgehead atoms. The van der Waals surface area contributed by atoms with E-state index >= 15 is 0 Å². The van der Waals surface area contributed by atoms with E-state index in [0.29, 0.717) is 5.82 Å². The lowest BCUT2D eigenvalue weighted by molar-refractivity contribution is 0.628. The number of nitrogens with two attached hydrogens (primary N) is 1. The third kappa shape index (κ3) is 2.41. The number of rotatable bonds is 2. The summed E-state index contributed by atoms with van der Waals surface area (Å²) in [5.74, 6) is 0.117. The third-order valence-electron chi connectivity index (χ3n) is 2.82. The molecule has 0 aliphatic heterocycles. The second kappa shape index (κ2) is 5.31. The van der Waals surface area contributed by atoms with E-state index in [1.807, 2.05) is 6.07 Å². The monoisotopic (exact) mass is 415 g/mol. The number of benzene rings is 1. The van der Waals surface area contributed by atoms with Crippen LogP contribution in [0, 0.1) is 5.82 Å². The number of anilines is 1. The van der Waals surface area contributed by atoms with Crippen molar-refractivity contribution in [1.29, 1.82) is 0 Å². The minimum atomic E-state index is -0.279. The minimum Gasteiger partial charge on any atom is -0.382 e. The van der Waals surface area contributed by atoms with Gasteiger partial charge in [0, 0.05) is 4.47 Å². The molecule has 3 N–H and O–H groups in total. The molecule has 0 atom stereocenters. The van der Waals surface area contributed by atoms with Crippen molar-refractivity contribution in [2.75, 3.05) is 5.73 Å². The molecular formula is C13H8Br2FN3S. The van der Waals surface area contributed by atoms with Crippen LogP contribution in [0.3, 0.4) is 0 Å². The quantitative estimate of drug-likeness (QED) is 0.613. The van der Waals surface area contributed by atoms with Gasteiger partial charge in [0.05, 0.1) is 19.9 Å². The van der Waals surface area contributed by atoms with E-state index in [4.69, 9.17) is 5.73 Å². The second-order valence-electron chi connectivity index (χ2n) is 4.10. The largest absolute Gasteiger partial charge is 0.382 e. The zero-order valence-electron chi connectivity index (χ0n) is 9.95. The van der Waals surface area contributed by atoms with Crippen molar-refractivity contribution in [3.8, 4) is 21.7 Å². The Balaban J connectivity index is 2.16. The third-order valence-corrected chi connectivity index (χ3v) is 6.09. The molecule has 3 aromatic rings. The lowest BCUT2D eigenvalue weighted by Crippen LogP contribution is -1.88. The van der Waals surface area contributed by atoms with Crippen molar-refractivity contribution >= 4 is 49.0 Å². The van der Waals surface area contributed by atoms with Gasteiger partial charge in [0.1, 0.15) is 5.82 Å². The summed E-state index contributed by atoms with van der Waals surface area (Å²) in [4.78, 5) is 0.993. The molecule has 3 nitrogen and oxygen atoms in total. The fourth-order valence-electron chi connectivity index (χ4n) is 1.91. The number of thiophene rings is 1. The van der Waals surface area contributed by atoms with Crippen LogP contribution in [0.2, 0.25) is 0 Å². The smallest absolute Gasteiger partial charge is 0.153 e. The molecule has 102 valence electrons. The Kier molecular flexibility index (Phi) is 3.66. The maximum absolute atomic E-state index is 13.0. The molecule has 0 unspecified atom stereocenters. The summed E-state index contributed by atoms with van der Waals surface area (Å²) in [6.45, 7) is 0. The van der Waals surface area contributed by atoms with Crippen LogP contribution in [-0.4, -0.2) is 10.2 Å². The molecule has 0 radical (unpaired) electrons. The highest BCUT2D eigenvalue weighted by molar-refractivity contribution is 9.13. The van der Waals surface area contributed by atoms with Gasteiger partial charge in [-0.25, -0.2) is 4.39 Å². The number of nitrogen functional groups attached to an aromatic ring is 1. The molecule has 0 spiro atoms. The summed E-state index contributed by atoms with van der Waals surface area (Å²) < 4.78 is 15.0. The predicted molar refractivity (Wildman–Crippen MR) is 87.1 cm³/mol. The SMILES string of the molecule is Nc1n[nH]c(-c2cc(Br)c(Br)s2)c1-c1ccc(F)cc1. The Morgan fingerprint density at radius 3 is 2.50 bits per heavy atom. The summed E-state index contributed by atoms with van der Waals surface area (Å²) in [5, 5.41) is 7.01. The van der Waals surface area contributed by atoms with Crippen LogP contribution in [0.25, 0.3) is 21.7 Å². The molecule has 20 heavy (non-hydrogen) atoms. The first-order chi connectivity index (χ1) is 9.56. The fourth-order valence-corrected chi connectivity index (χ4v) is 3.95. The number of halogens is 3. The predicted octanol–water partition coefficient (Wildman–Crippen LogP) is 5.05. The molecule has 0 saturated heterocycles. The van der Waals surface area contributed by atoms with Crippen molar-refractivity contribution in [2.24, 2.45) is 0 Å². The van der Waals surface area contributed by atoms with Crippen LogP contribution in [0.4, 0.5) is 10.2 Å². The maximum Gasteiger partial charge on any atom is 0.153 e. The summed E-state index contributed by atoms with van der Waals surface area (Å²) in [6.07, 6.45) is 0. The Morgan fingerprint density at radius 1 is 1.20 bits per heavy atom. The molecule has 0 aliphatic carbocycles. The van der Waals surface area contributed by atoms with Gasteiger partial charge in [-0.3, -0.25) is 5.10 Å². The van der Waals surface area contributed by atoms with Gasteiger partial charge in [-0.15, -0.1) is 11.3 Å². The Labute approximate surface area is 135 Å². The fraction of sp³-hybridized carbons (Fsp3) is 0. The number of H-pyrrole nitrogens is 1. The van der Waals surface area contributed by atoms with Crippen molar-refractivity contribution in [1.82, 2.24) is 10.2 Å². The molecule has 2 heterocycles. The molecule has 2 aromatic heterocycles. The molecule has 7 heteroatoms. The van der Waals surface area contributed by atoms with Crippen molar-refractivity contribution < 1.29 is 4.39 Å². The van der Waals surface area contributed by atoms with Gasteiger partial charge in [-0.05, 0) is 55.6 Å². The first-order valence-electron chi connectivity index (χ1n) is 5.61. The number of hydrogen-bond donors (Lipinski definition) is 2. The first kappa shape index (κ1) is 13.8. The van der Waals surface area contributed by atoms with Gasteiger partial charge in [-0.2, -0.15) is 5.10 Å². The van der Waals surface area contributed by atoms with E-state index < -0.39 is 0 Å². The summed E-state index contributed by atoms with van der Waals surface area (Å²) in [6, 6.07) is 8.18. The highest BCUT2D eigenvalue weighted by Gasteiger charge is 2.17. The highest BCUT2D eigenvalue weighted by Crippen LogP contribution is 2.42. The molecule has 3 rings (SSSR count). The molecule has 0 fully saturated rings. The van der Waals surface area contributed by atoms with Crippen LogP contribution in [0.1, 0.15) is 0 Å². The Bertz CT molecular complexity index is 745. The zero-order valence-corrected chi connectivity index (χ0v) is 13.9. The van der Waals surface area contributed by atoms with Crippen LogP contribution in [0.5, 0.6) is 0 Å². The Hall–Kier alpha value is -1.18. The number of nitrogens with zero attached hydrogens (tertiary/aromatic N) is 1. The topological polar surface area (TPSA) is 54.7 Å². The van der Waals surface area contributed by atoms with Gasteiger partial charge in [0.25, 0.3) is 0 Å². The normalized spacial score (nSPS) is 10.9. The highest BCUT2D eigenvalue weighted by atomic mass is 79.9. The molecule has 0 aliphatic rings. The van der Waals surface area contributed by atoms with Crippen molar-refractivity contribution in [3.05, 3.63) is 44.4 Å². The van der Waals surface area contributed by atoms with E-state index in [1.54, 1.807) is 23.5 Å². The van der Waals surface area contributed by atoms with Gasteiger partial charge >= 0.3 is 0 Å². The maximum atomic E-state index is 13.0. The Morgan fingerprint density at radius 2 is 1.90 bits per heavy atom. The van der Waals surface area contributed by atoms with E-state index in [-0.39, 0.29) is 5.82 Å². The van der Waals surface area contributed by atoms with Gasteiger partial charge in [0.15, 0.2) is 5.82 Å². The van der Waals surface area contributed by atoms with Crippen LogP contribution in [0.15, 0.2) is 38.6 Å². The first-order valence-corrected chi connectivity index (χ1v) is 8.01. The lowest BCUT2D eigenvalue weighted by atomic mass is 10.0. The van der Waals surface area contributed by atoms with Crippen LogP contribution < -0.4 is 5.73 Å². The second-order valence-corrected chi connectivity index (χ2v) is 7.32. The number of nitrogens with one attached hydrogen (secondary N) is 1. The molecule has 0 amide bonds. The van der Waals surface area contributed by atoms with Crippen molar-refractivity contribution in [2.45, 2.75) is 0 Å². The molecule has 1 aromatic carbocycles. The van der Waals surface area contributed by atoms with E-state index in [9.17, 15) is 4.39 Å². The van der Waals surface area contributed by atoms with Gasteiger partial charge < -0.3 is 5.73 Å². The number of aromatic amines is 1. The summed E-state index contributed by atoms with van der Waals surface area (Å²) >= 11 is 8.49. The standard InChI is InChI=1S/C13H8Br2FN3S/c14-8-5-9(20-12(8)15)11-10(13(17)19-18-11)6-1-3-7(16)4-2-6/h1-5H,(H3,17,18,19). The van der Waals surface area contributed by atoms with Crippen LogP contribution >= 0.6 is 43.2 Å². The summed E-state index contributed by atoms with van der Waals surface area (Å²) in [7, 11) is 0. The average molecular weight is 417 g/mol. The summed E-state index contributed by atoms with van der Waals surface area (Å²) in [5.41, 5.74) is 8.37. The molecular weight excluding hydrogens is 409 g/mol. The minimum absolute atomic E-state index is 0.279. The number of hydrogen-bond acceptors (Lipinski definition) is 3. The lowest BCUT2D eigenvalue weighted by Gasteiger charge is -2.02. The van der Waals surface area contributed by atoms with Gasteiger partial charge in [0.2, 0.25) is 0 Å². The van der Waals surface area contributed by atoms with Crippen molar-refractivity contribution in [3.63, 3.8) is 0 Å². The molecule has 0 saturated carbocycles. The average Bonchev–Trinajstić information content (AvgIpc) is 2.95. The number of aromatic nitrogens is 2. The van der Waals surface area contributed by atoms with E-state index in [2.05, 4.69) is 42.1 Å². The van der Waals surface area contributed by atoms with E-state index in [0.717, 1.165) is 30.0 Å². The van der Waals surface area contributed by atoms with Gasteiger partial charge in [-0.1, -0.05) is 12.1 Å². The van der Waals surface area contributed by atoms with Crippen LogP contribution in [-0.2, 0) is 0 Å².